The molecule has 2 atom stereocenters. The number of nitro benzene ring substituents is 1. The number of nitrogens with zero attached hydrogens (tertiary/aromatic N) is 2. The number of hydrogen-bond donors (Lipinski definition) is 1. The number of fused-ring (bicyclic) bond motifs is 2. The molecule has 2 unspecified atom stereocenters. The van der Waals surface area contributed by atoms with Crippen LogP contribution in [-0.2, 0) is 10.0 Å². The summed E-state index contributed by atoms with van der Waals surface area (Å²) in [6.45, 7) is 0. The normalized spacial score (nSPS) is 29.5. The molecule has 1 aromatic rings. The van der Waals surface area contributed by atoms with Gasteiger partial charge in [0.1, 0.15) is 0 Å². The van der Waals surface area contributed by atoms with Crippen LogP contribution in [0.15, 0.2) is 29.2 Å². The van der Waals surface area contributed by atoms with Crippen LogP contribution >= 0.6 is 0 Å². The van der Waals surface area contributed by atoms with E-state index in [1.165, 1.54) is 24.3 Å². The molecule has 2 bridgehead atoms. The Morgan fingerprint density at radius 2 is 1.67 bits per heavy atom. The third kappa shape index (κ3) is 2.43. The maximum absolute atomic E-state index is 12.8. The zero-order valence-electron chi connectivity index (χ0n) is 11.4. The van der Waals surface area contributed by atoms with Crippen LogP contribution in [0.1, 0.15) is 25.7 Å². The molecule has 2 N–H and O–H groups in total. The number of sulfonamides is 1. The highest BCUT2D eigenvalue weighted by Gasteiger charge is 2.46. The minimum Gasteiger partial charge on any atom is -0.328 e. The summed E-state index contributed by atoms with van der Waals surface area (Å²) in [5.74, 6) is 0. The van der Waals surface area contributed by atoms with Gasteiger partial charge in [-0.15, -0.1) is 0 Å². The van der Waals surface area contributed by atoms with E-state index in [4.69, 9.17) is 5.73 Å². The van der Waals surface area contributed by atoms with Gasteiger partial charge in [-0.05, 0) is 37.8 Å². The van der Waals surface area contributed by atoms with Crippen molar-refractivity contribution < 1.29 is 13.3 Å². The monoisotopic (exact) mass is 311 g/mol. The maximum Gasteiger partial charge on any atom is 0.269 e. The Balaban J connectivity index is 1.92. The first-order chi connectivity index (χ1) is 9.89. The summed E-state index contributed by atoms with van der Waals surface area (Å²) >= 11 is 0. The van der Waals surface area contributed by atoms with Crippen LogP contribution in [0, 0.1) is 10.1 Å². The summed E-state index contributed by atoms with van der Waals surface area (Å²) in [7, 11) is -3.61. The Labute approximate surface area is 122 Å². The Morgan fingerprint density at radius 1 is 1.14 bits per heavy atom. The second kappa shape index (κ2) is 5.04. The van der Waals surface area contributed by atoms with Gasteiger partial charge in [-0.25, -0.2) is 8.42 Å². The fourth-order valence-electron chi connectivity index (χ4n) is 3.43. The van der Waals surface area contributed by atoms with E-state index in [1.807, 2.05) is 0 Å². The van der Waals surface area contributed by atoms with E-state index in [1.54, 1.807) is 4.31 Å². The van der Waals surface area contributed by atoms with Gasteiger partial charge in [0, 0.05) is 30.3 Å². The number of non-ortho nitro benzene ring substituents is 1. The molecule has 2 fully saturated rings. The first-order valence-electron chi connectivity index (χ1n) is 6.93. The van der Waals surface area contributed by atoms with Crippen molar-refractivity contribution in [2.45, 2.75) is 48.7 Å². The molecule has 3 rings (SSSR count). The second-order valence-corrected chi connectivity index (χ2v) is 7.55. The molecule has 8 heteroatoms. The number of piperidine rings is 1. The largest absolute Gasteiger partial charge is 0.328 e. The zero-order chi connectivity index (χ0) is 15.2. The van der Waals surface area contributed by atoms with E-state index in [9.17, 15) is 18.5 Å². The van der Waals surface area contributed by atoms with Crippen LogP contribution in [0.5, 0.6) is 0 Å². The molecule has 0 radical (unpaired) electrons. The number of rotatable bonds is 3. The first kappa shape index (κ1) is 14.4. The fraction of sp³-hybridized carbons (Fsp3) is 0.538. The van der Waals surface area contributed by atoms with Gasteiger partial charge < -0.3 is 5.73 Å². The molecular formula is C13H17N3O4S. The highest BCUT2D eigenvalue weighted by molar-refractivity contribution is 7.89. The van der Waals surface area contributed by atoms with Gasteiger partial charge in [-0.3, -0.25) is 10.1 Å². The number of hydrogen-bond acceptors (Lipinski definition) is 5. The quantitative estimate of drug-likeness (QED) is 0.667. The summed E-state index contributed by atoms with van der Waals surface area (Å²) in [6, 6.07) is 5.04. The van der Waals surface area contributed by atoms with Crippen LogP contribution in [-0.4, -0.2) is 35.8 Å². The smallest absolute Gasteiger partial charge is 0.269 e. The Hall–Kier alpha value is -1.51. The number of nitro groups is 1. The Bertz CT molecular complexity index is 644. The lowest BCUT2D eigenvalue weighted by Crippen LogP contribution is -2.49. The SMILES string of the molecule is NC1CC2CCC(C1)N2S(=O)(=O)c1ccc([N+](=O)[O-])cc1. The van der Waals surface area contributed by atoms with Crippen molar-refractivity contribution in [3.8, 4) is 0 Å². The molecule has 2 saturated heterocycles. The van der Waals surface area contributed by atoms with Gasteiger partial charge in [0.15, 0.2) is 0 Å². The van der Waals surface area contributed by atoms with Crippen molar-refractivity contribution in [3.63, 3.8) is 0 Å². The van der Waals surface area contributed by atoms with Gasteiger partial charge in [0.2, 0.25) is 10.0 Å². The van der Waals surface area contributed by atoms with E-state index in [0.29, 0.717) is 12.8 Å². The minimum atomic E-state index is -3.61. The molecule has 1 aromatic carbocycles. The molecule has 7 nitrogen and oxygen atoms in total. The van der Waals surface area contributed by atoms with Crippen molar-refractivity contribution in [3.05, 3.63) is 34.4 Å². The minimum absolute atomic E-state index is 0.0426. The van der Waals surface area contributed by atoms with Gasteiger partial charge in [-0.2, -0.15) is 4.31 Å². The van der Waals surface area contributed by atoms with E-state index >= 15 is 0 Å². The van der Waals surface area contributed by atoms with Crippen LogP contribution in [0.25, 0.3) is 0 Å². The van der Waals surface area contributed by atoms with Gasteiger partial charge in [0.05, 0.1) is 9.82 Å². The molecule has 21 heavy (non-hydrogen) atoms. The highest BCUT2D eigenvalue weighted by Crippen LogP contribution is 2.39. The predicted molar refractivity (Wildman–Crippen MR) is 76.1 cm³/mol. The molecule has 2 aliphatic heterocycles. The van der Waals surface area contributed by atoms with E-state index in [0.717, 1.165) is 12.8 Å². The standard InChI is InChI=1S/C13H17N3O4S/c14-9-7-11-1-2-12(8-9)15(11)21(19,20)13-5-3-10(4-6-13)16(17)18/h3-6,9,11-12H,1-2,7-8,14H2. The first-order valence-corrected chi connectivity index (χ1v) is 8.37. The summed E-state index contributed by atoms with van der Waals surface area (Å²) < 4.78 is 27.1. The van der Waals surface area contributed by atoms with Crippen molar-refractivity contribution in [2.24, 2.45) is 5.73 Å². The highest BCUT2D eigenvalue weighted by atomic mass is 32.2. The molecular weight excluding hydrogens is 294 g/mol. The fourth-order valence-corrected chi connectivity index (χ4v) is 5.32. The van der Waals surface area contributed by atoms with Gasteiger partial charge in [-0.1, -0.05) is 0 Å². The average Bonchev–Trinajstić information content (AvgIpc) is 2.72. The topological polar surface area (TPSA) is 107 Å². The summed E-state index contributed by atoms with van der Waals surface area (Å²) in [5, 5.41) is 10.6. The lowest BCUT2D eigenvalue weighted by molar-refractivity contribution is -0.384. The van der Waals surface area contributed by atoms with Crippen LogP contribution in [0.3, 0.4) is 0 Å². The molecule has 114 valence electrons. The Kier molecular flexibility index (Phi) is 3.46. The summed E-state index contributed by atoms with van der Waals surface area (Å²) in [4.78, 5) is 10.2. The van der Waals surface area contributed by atoms with E-state index in [-0.39, 0.29) is 28.7 Å². The third-order valence-corrected chi connectivity index (χ3v) is 6.34. The maximum atomic E-state index is 12.8. The second-order valence-electron chi connectivity index (χ2n) is 5.70. The lowest BCUT2D eigenvalue weighted by Gasteiger charge is -2.36. The van der Waals surface area contributed by atoms with Crippen molar-refractivity contribution in [1.29, 1.82) is 0 Å². The zero-order valence-corrected chi connectivity index (χ0v) is 12.2. The molecule has 0 saturated carbocycles. The van der Waals surface area contributed by atoms with Crippen molar-refractivity contribution in [1.82, 2.24) is 4.31 Å². The number of nitrogens with two attached hydrogens (primary N) is 1. The molecule has 0 aliphatic carbocycles. The van der Waals surface area contributed by atoms with E-state index in [2.05, 4.69) is 0 Å². The molecule has 2 heterocycles. The number of benzene rings is 1. The third-order valence-electron chi connectivity index (χ3n) is 4.33. The predicted octanol–water partition coefficient (Wildman–Crippen LogP) is 1.24. The molecule has 0 aromatic heterocycles. The van der Waals surface area contributed by atoms with Crippen LogP contribution in [0.2, 0.25) is 0 Å². The average molecular weight is 311 g/mol. The molecule has 2 aliphatic rings. The van der Waals surface area contributed by atoms with Crippen LogP contribution < -0.4 is 5.73 Å². The summed E-state index contributed by atoms with van der Waals surface area (Å²) in [5.41, 5.74) is 5.84. The van der Waals surface area contributed by atoms with Crippen molar-refractivity contribution >= 4 is 15.7 Å². The van der Waals surface area contributed by atoms with Crippen LogP contribution in [0.4, 0.5) is 5.69 Å². The van der Waals surface area contributed by atoms with Gasteiger partial charge >= 0.3 is 0 Å². The Morgan fingerprint density at radius 3 is 2.14 bits per heavy atom. The molecule has 0 amide bonds. The van der Waals surface area contributed by atoms with Gasteiger partial charge in [0.25, 0.3) is 5.69 Å². The molecule has 0 spiro atoms. The lowest BCUT2D eigenvalue weighted by atomic mass is 10.0. The van der Waals surface area contributed by atoms with Crippen molar-refractivity contribution in [2.75, 3.05) is 0 Å². The van der Waals surface area contributed by atoms with E-state index < -0.39 is 14.9 Å². The summed E-state index contributed by atoms with van der Waals surface area (Å²) in [6.07, 6.45) is 3.04.